The highest BCUT2D eigenvalue weighted by atomic mass is 16.3. The second kappa shape index (κ2) is 9.23. The summed E-state index contributed by atoms with van der Waals surface area (Å²) in [6.07, 6.45) is 7.94. The Morgan fingerprint density at radius 1 is 1.10 bits per heavy atom. The van der Waals surface area contributed by atoms with Gasteiger partial charge in [0.2, 0.25) is 5.91 Å². The maximum atomic E-state index is 12.9. The lowest BCUT2D eigenvalue weighted by atomic mass is 9.51. The predicted octanol–water partition coefficient (Wildman–Crippen LogP) is 3.19. The zero-order valence-electron chi connectivity index (χ0n) is 18.7. The van der Waals surface area contributed by atoms with Gasteiger partial charge in [0.05, 0.1) is 6.10 Å². The number of hydrogen-bond donors (Lipinski definition) is 4. The summed E-state index contributed by atoms with van der Waals surface area (Å²) >= 11 is 0. The quantitative estimate of drug-likeness (QED) is 0.564. The number of fused-ring (bicyclic) bond motifs is 1. The molecule has 3 aliphatic rings. The fraction of sp³-hybridized carbons (Fsp3) is 0.913. The smallest absolute Gasteiger partial charge is 0.315 e. The average Bonchev–Trinajstić information content (AvgIpc) is 3.17. The van der Waals surface area contributed by atoms with E-state index in [0.717, 1.165) is 38.5 Å². The Morgan fingerprint density at radius 2 is 1.76 bits per heavy atom. The molecule has 6 heteroatoms. The van der Waals surface area contributed by atoms with Gasteiger partial charge in [-0.05, 0) is 68.6 Å². The Hall–Kier alpha value is -1.30. The summed E-state index contributed by atoms with van der Waals surface area (Å²) in [4.78, 5) is 24.9. The van der Waals surface area contributed by atoms with Gasteiger partial charge in [-0.25, -0.2) is 4.79 Å². The van der Waals surface area contributed by atoms with Gasteiger partial charge in [0.25, 0.3) is 0 Å². The summed E-state index contributed by atoms with van der Waals surface area (Å²) in [6, 6.07) is 0.255. The molecule has 29 heavy (non-hydrogen) atoms. The van der Waals surface area contributed by atoms with Crippen LogP contribution in [0.4, 0.5) is 4.79 Å². The summed E-state index contributed by atoms with van der Waals surface area (Å²) in [5.74, 6) is 0.187. The van der Waals surface area contributed by atoms with Crippen LogP contribution in [0.3, 0.4) is 0 Å². The molecule has 7 atom stereocenters. The van der Waals surface area contributed by atoms with E-state index in [1.807, 2.05) is 13.8 Å². The van der Waals surface area contributed by atoms with Gasteiger partial charge in [-0.3, -0.25) is 4.79 Å². The predicted molar refractivity (Wildman–Crippen MR) is 114 cm³/mol. The summed E-state index contributed by atoms with van der Waals surface area (Å²) < 4.78 is 0. The molecule has 166 valence electrons. The molecule has 0 radical (unpaired) electrons. The molecule has 0 aromatic heterocycles. The van der Waals surface area contributed by atoms with Crippen LogP contribution in [0.5, 0.6) is 0 Å². The molecular formula is C23H41N3O3. The molecule has 0 aliphatic heterocycles. The zero-order chi connectivity index (χ0) is 21.2. The van der Waals surface area contributed by atoms with Crippen LogP contribution < -0.4 is 16.0 Å². The largest absolute Gasteiger partial charge is 0.392 e. The van der Waals surface area contributed by atoms with Gasteiger partial charge in [-0.15, -0.1) is 0 Å². The van der Waals surface area contributed by atoms with Crippen molar-refractivity contribution in [2.45, 2.75) is 97.2 Å². The van der Waals surface area contributed by atoms with E-state index in [2.05, 4.69) is 29.8 Å². The van der Waals surface area contributed by atoms with Crippen LogP contribution in [0.1, 0.15) is 79.1 Å². The fourth-order valence-electron chi connectivity index (χ4n) is 6.47. The molecule has 0 bridgehead atoms. The number of hydrogen-bond acceptors (Lipinski definition) is 3. The van der Waals surface area contributed by atoms with Crippen LogP contribution in [-0.4, -0.2) is 41.8 Å². The molecule has 0 aromatic rings. The molecule has 4 N–H and O–H groups in total. The van der Waals surface area contributed by atoms with Gasteiger partial charge in [0.15, 0.2) is 0 Å². The summed E-state index contributed by atoms with van der Waals surface area (Å²) in [5, 5.41) is 20.6. The van der Waals surface area contributed by atoms with Gasteiger partial charge in [-0.2, -0.15) is 0 Å². The molecule has 3 amide bonds. The lowest BCUT2D eigenvalue weighted by Gasteiger charge is -2.56. The number of aliphatic hydroxyl groups excluding tert-OH is 1. The van der Waals surface area contributed by atoms with Gasteiger partial charge in [0, 0.05) is 24.5 Å². The standard InChI is InChI=1S/C23H41N3O3/c1-5-24-22(29)26-18-11-13-23(4)12-10-17(20(27)19(23)15(18)3)14(2)21(28)25-16-8-6-7-9-16/h14-20,27H,5-13H2,1-4H3,(H,25,28)(H2,24,26,29)/t14?,15-,17+,18+,19-,20+,23+/m1/s1. The highest BCUT2D eigenvalue weighted by molar-refractivity contribution is 5.79. The van der Waals surface area contributed by atoms with E-state index >= 15 is 0 Å². The highest BCUT2D eigenvalue weighted by Crippen LogP contribution is 2.55. The topological polar surface area (TPSA) is 90.5 Å². The van der Waals surface area contributed by atoms with Gasteiger partial charge >= 0.3 is 6.03 Å². The molecule has 0 heterocycles. The van der Waals surface area contributed by atoms with Crippen molar-refractivity contribution < 1.29 is 14.7 Å². The molecule has 3 aliphatic carbocycles. The molecule has 3 rings (SSSR count). The van der Waals surface area contributed by atoms with Crippen LogP contribution >= 0.6 is 0 Å². The van der Waals surface area contributed by atoms with E-state index in [9.17, 15) is 14.7 Å². The number of carbonyl (C=O) groups is 2. The molecule has 0 spiro atoms. The minimum absolute atomic E-state index is 0.0138. The van der Waals surface area contributed by atoms with Crippen molar-refractivity contribution in [3.05, 3.63) is 0 Å². The summed E-state index contributed by atoms with van der Waals surface area (Å²) in [5.41, 5.74) is 0.0798. The lowest BCUT2D eigenvalue weighted by molar-refractivity contribution is -0.142. The summed E-state index contributed by atoms with van der Waals surface area (Å²) in [6.45, 7) is 8.95. The maximum absolute atomic E-state index is 12.9. The minimum atomic E-state index is -0.507. The number of nitrogens with one attached hydrogen (secondary N) is 3. The van der Waals surface area contributed by atoms with Crippen molar-refractivity contribution >= 4 is 11.9 Å². The van der Waals surface area contributed by atoms with Crippen LogP contribution in [0.15, 0.2) is 0 Å². The number of urea groups is 1. The van der Waals surface area contributed by atoms with Gasteiger partial charge in [0.1, 0.15) is 0 Å². The SMILES string of the molecule is CCNC(=O)N[C@H]1CC[C@]2(C)CC[C@@H](C(C)C(=O)NC3CCCC3)[C@H](O)[C@H]2[C@@H]1C. The maximum Gasteiger partial charge on any atom is 0.315 e. The number of rotatable bonds is 5. The zero-order valence-corrected chi connectivity index (χ0v) is 18.7. The van der Waals surface area contributed by atoms with Crippen LogP contribution in [0.25, 0.3) is 0 Å². The first kappa shape index (κ1) is 22.4. The third-order valence-corrected chi connectivity index (χ3v) is 8.30. The monoisotopic (exact) mass is 407 g/mol. The Kier molecular flexibility index (Phi) is 7.13. The van der Waals surface area contributed by atoms with E-state index in [0.29, 0.717) is 12.6 Å². The first-order valence-corrected chi connectivity index (χ1v) is 11.8. The highest BCUT2D eigenvalue weighted by Gasteiger charge is 2.53. The first-order chi connectivity index (χ1) is 13.8. The van der Waals surface area contributed by atoms with Crippen molar-refractivity contribution in [3.8, 4) is 0 Å². The van der Waals surface area contributed by atoms with E-state index in [4.69, 9.17) is 0 Å². The third kappa shape index (κ3) is 4.73. The Labute approximate surface area is 176 Å². The Bertz CT molecular complexity index is 592. The average molecular weight is 408 g/mol. The Balaban J connectivity index is 1.68. The van der Waals surface area contributed by atoms with Crippen molar-refractivity contribution in [3.63, 3.8) is 0 Å². The molecular weight excluding hydrogens is 366 g/mol. The van der Waals surface area contributed by atoms with Gasteiger partial charge in [-0.1, -0.05) is 33.6 Å². The van der Waals surface area contributed by atoms with Crippen LogP contribution in [0.2, 0.25) is 0 Å². The summed E-state index contributed by atoms with van der Waals surface area (Å²) in [7, 11) is 0. The van der Waals surface area contributed by atoms with Crippen LogP contribution in [0, 0.1) is 29.1 Å². The van der Waals surface area contributed by atoms with Crippen molar-refractivity contribution in [1.29, 1.82) is 0 Å². The molecule has 6 nitrogen and oxygen atoms in total. The molecule has 0 saturated heterocycles. The number of aliphatic hydroxyl groups is 1. The van der Waals surface area contributed by atoms with E-state index in [1.54, 1.807) is 0 Å². The minimum Gasteiger partial charge on any atom is -0.392 e. The van der Waals surface area contributed by atoms with Crippen LogP contribution in [-0.2, 0) is 4.79 Å². The van der Waals surface area contributed by atoms with Crippen molar-refractivity contribution in [1.82, 2.24) is 16.0 Å². The number of amides is 3. The first-order valence-electron chi connectivity index (χ1n) is 11.8. The normalized spacial score (nSPS) is 38.7. The van der Waals surface area contributed by atoms with Crippen molar-refractivity contribution in [2.24, 2.45) is 29.1 Å². The number of carbonyl (C=O) groups excluding carboxylic acids is 2. The molecule has 1 unspecified atom stereocenters. The van der Waals surface area contributed by atoms with E-state index < -0.39 is 6.10 Å². The van der Waals surface area contributed by atoms with E-state index in [1.165, 1.54) is 12.8 Å². The third-order valence-electron chi connectivity index (χ3n) is 8.30. The molecule has 0 aromatic carbocycles. The van der Waals surface area contributed by atoms with Gasteiger partial charge < -0.3 is 21.1 Å². The van der Waals surface area contributed by atoms with Crippen molar-refractivity contribution in [2.75, 3.05) is 6.54 Å². The second-order valence-corrected chi connectivity index (χ2v) is 10.2. The lowest BCUT2D eigenvalue weighted by Crippen LogP contribution is -2.59. The van der Waals surface area contributed by atoms with E-state index in [-0.39, 0.29) is 47.1 Å². The second-order valence-electron chi connectivity index (χ2n) is 10.2. The molecule has 3 fully saturated rings. The Morgan fingerprint density at radius 3 is 2.41 bits per heavy atom. The fourth-order valence-corrected chi connectivity index (χ4v) is 6.47. The molecule has 3 saturated carbocycles.